The van der Waals surface area contributed by atoms with Gasteiger partial charge in [0.05, 0.1) is 10.5 Å². The van der Waals surface area contributed by atoms with E-state index in [2.05, 4.69) is 26.0 Å². The van der Waals surface area contributed by atoms with Gasteiger partial charge in [-0.25, -0.2) is 9.50 Å². The molecule has 84 valence electrons. The molecular formula is C12H7BrClN3. The second-order valence-corrected chi connectivity index (χ2v) is 4.69. The summed E-state index contributed by atoms with van der Waals surface area (Å²) in [7, 11) is 0. The lowest BCUT2D eigenvalue weighted by molar-refractivity contribution is 0.936. The largest absolute Gasteiger partial charge is 0.219 e. The van der Waals surface area contributed by atoms with E-state index in [9.17, 15) is 0 Å². The minimum Gasteiger partial charge on any atom is -0.219 e. The van der Waals surface area contributed by atoms with E-state index in [1.807, 2.05) is 36.4 Å². The van der Waals surface area contributed by atoms with E-state index < -0.39 is 0 Å². The molecule has 0 atom stereocenters. The number of hydrogen-bond donors (Lipinski definition) is 0. The zero-order valence-corrected chi connectivity index (χ0v) is 11.0. The van der Waals surface area contributed by atoms with Crippen molar-refractivity contribution in [2.75, 3.05) is 0 Å². The van der Waals surface area contributed by atoms with Gasteiger partial charge >= 0.3 is 0 Å². The number of halogens is 2. The molecule has 0 amide bonds. The van der Waals surface area contributed by atoms with Gasteiger partial charge in [-0.05, 0) is 40.2 Å². The second-order valence-electron chi connectivity index (χ2n) is 3.53. The molecule has 0 unspecified atom stereocenters. The first-order valence-electron chi connectivity index (χ1n) is 5.01. The Morgan fingerprint density at radius 1 is 1.12 bits per heavy atom. The molecule has 0 aliphatic carbocycles. The highest BCUT2D eigenvalue weighted by molar-refractivity contribution is 9.10. The SMILES string of the molecule is Clc1ccccc1-c1nc(Br)c2cccnn12. The third kappa shape index (κ3) is 1.73. The van der Waals surface area contributed by atoms with Crippen LogP contribution in [0.2, 0.25) is 5.02 Å². The number of hydrogen-bond acceptors (Lipinski definition) is 2. The third-order valence-electron chi connectivity index (χ3n) is 2.48. The van der Waals surface area contributed by atoms with E-state index in [0.29, 0.717) is 5.02 Å². The highest BCUT2D eigenvalue weighted by atomic mass is 79.9. The van der Waals surface area contributed by atoms with Crippen LogP contribution in [-0.4, -0.2) is 14.6 Å². The van der Waals surface area contributed by atoms with Crippen molar-refractivity contribution in [2.24, 2.45) is 0 Å². The lowest BCUT2D eigenvalue weighted by Gasteiger charge is -2.01. The Morgan fingerprint density at radius 2 is 1.94 bits per heavy atom. The Morgan fingerprint density at radius 3 is 2.76 bits per heavy atom. The van der Waals surface area contributed by atoms with Crippen molar-refractivity contribution in [1.82, 2.24) is 14.6 Å². The maximum absolute atomic E-state index is 6.17. The molecular weight excluding hydrogens is 302 g/mol. The molecule has 2 aromatic heterocycles. The fourth-order valence-electron chi connectivity index (χ4n) is 1.71. The standard InChI is InChI=1S/C12H7BrClN3/c13-11-10-6-3-7-15-17(10)12(16-11)8-4-1-2-5-9(8)14/h1-7H. The second kappa shape index (κ2) is 4.13. The first-order chi connectivity index (χ1) is 8.27. The van der Waals surface area contributed by atoms with E-state index in [4.69, 9.17) is 11.6 Å². The molecule has 3 nitrogen and oxygen atoms in total. The van der Waals surface area contributed by atoms with Crippen LogP contribution in [0.1, 0.15) is 0 Å². The van der Waals surface area contributed by atoms with Crippen LogP contribution in [0.15, 0.2) is 47.2 Å². The Hall–Kier alpha value is -1.39. The first kappa shape index (κ1) is 10.7. The summed E-state index contributed by atoms with van der Waals surface area (Å²) < 4.78 is 2.53. The molecule has 0 saturated heterocycles. The van der Waals surface area contributed by atoms with Gasteiger partial charge in [0.15, 0.2) is 5.82 Å². The molecule has 3 rings (SSSR count). The summed E-state index contributed by atoms with van der Waals surface area (Å²) >= 11 is 9.60. The van der Waals surface area contributed by atoms with Crippen LogP contribution in [-0.2, 0) is 0 Å². The average Bonchev–Trinajstić information content (AvgIpc) is 2.68. The number of imidazole rings is 1. The van der Waals surface area contributed by atoms with Crippen LogP contribution in [0, 0.1) is 0 Å². The van der Waals surface area contributed by atoms with Crippen molar-refractivity contribution in [3.8, 4) is 11.4 Å². The molecule has 2 heterocycles. The number of benzene rings is 1. The fraction of sp³-hybridized carbons (Fsp3) is 0. The first-order valence-corrected chi connectivity index (χ1v) is 6.18. The van der Waals surface area contributed by atoms with Gasteiger partial charge in [0, 0.05) is 11.8 Å². The van der Waals surface area contributed by atoms with Crippen molar-refractivity contribution in [3.05, 3.63) is 52.2 Å². The molecule has 5 heteroatoms. The summed E-state index contributed by atoms with van der Waals surface area (Å²) in [6.45, 7) is 0. The van der Waals surface area contributed by atoms with Gasteiger partial charge in [0.25, 0.3) is 0 Å². The lowest BCUT2D eigenvalue weighted by Crippen LogP contribution is -1.93. The van der Waals surface area contributed by atoms with E-state index in [1.54, 1.807) is 10.7 Å². The van der Waals surface area contributed by atoms with Gasteiger partial charge in [-0.3, -0.25) is 0 Å². The average molecular weight is 309 g/mol. The predicted molar refractivity (Wildman–Crippen MR) is 71.1 cm³/mol. The zero-order chi connectivity index (χ0) is 11.8. The van der Waals surface area contributed by atoms with E-state index >= 15 is 0 Å². The highest BCUT2D eigenvalue weighted by Crippen LogP contribution is 2.29. The molecule has 0 fully saturated rings. The van der Waals surface area contributed by atoms with E-state index in [1.165, 1.54) is 0 Å². The maximum Gasteiger partial charge on any atom is 0.164 e. The molecule has 0 N–H and O–H groups in total. The fourth-order valence-corrected chi connectivity index (χ4v) is 2.40. The lowest BCUT2D eigenvalue weighted by atomic mass is 10.2. The Kier molecular flexibility index (Phi) is 2.61. The van der Waals surface area contributed by atoms with Gasteiger partial charge in [-0.15, -0.1) is 0 Å². The van der Waals surface area contributed by atoms with Crippen LogP contribution in [0.4, 0.5) is 0 Å². The molecule has 0 aliphatic rings. The van der Waals surface area contributed by atoms with E-state index in [-0.39, 0.29) is 0 Å². The molecule has 1 aromatic carbocycles. The molecule has 3 aromatic rings. The normalized spacial score (nSPS) is 10.9. The monoisotopic (exact) mass is 307 g/mol. The molecule has 0 saturated carbocycles. The molecule has 17 heavy (non-hydrogen) atoms. The van der Waals surface area contributed by atoms with Crippen LogP contribution >= 0.6 is 27.5 Å². The number of rotatable bonds is 1. The number of nitrogens with zero attached hydrogens (tertiary/aromatic N) is 3. The Bertz CT molecular complexity index is 693. The predicted octanol–water partition coefficient (Wildman–Crippen LogP) is 3.81. The summed E-state index contributed by atoms with van der Waals surface area (Å²) in [5.41, 5.74) is 1.79. The Labute approximate surface area is 111 Å². The molecule has 0 radical (unpaired) electrons. The van der Waals surface area contributed by atoms with Gasteiger partial charge in [0.2, 0.25) is 0 Å². The molecule has 0 aliphatic heterocycles. The van der Waals surface area contributed by atoms with Crippen molar-refractivity contribution < 1.29 is 0 Å². The van der Waals surface area contributed by atoms with Crippen LogP contribution in [0.25, 0.3) is 16.9 Å². The smallest absolute Gasteiger partial charge is 0.164 e. The minimum atomic E-state index is 0.664. The number of fused-ring (bicyclic) bond motifs is 1. The van der Waals surface area contributed by atoms with Crippen molar-refractivity contribution in [3.63, 3.8) is 0 Å². The summed E-state index contributed by atoms with van der Waals surface area (Å²) in [5, 5.41) is 4.95. The van der Waals surface area contributed by atoms with Gasteiger partial charge in [0.1, 0.15) is 4.60 Å². The maximum atomic E-state index is 6.17. The molecule has 0 bridgehead atoms. The Balaban J connectivity index is 2.35. The molecule has 0 spiro atoms. The highest BCUT2D eigenvalue weighted by Gasteiger charge is 2.13. The van der Waals surface area contributed by atoms with Crippen LogP contribution < -0.4 is 0 Å². The number of aromatic nitrogens is 3. The van der Waals surface area contributed by atoms with E-state index in [0.717, 1.165) is 21.5 Å². The van der Waals surface area contributed by atoms with Gasteiger partial charge < -0.3 is 0 Å². The van der Waals surface area contributed by atoms with Crippen molar-refractivity contribution in [1.29, 1.82) is 0 Å². The van der Waals surface area contributed by atoms with Crippen LogP contribution in [0.5, 0.6) is 0 Å². The zero-order valence-electron chi connectivity index (χ0n) is 8.64. The quantitative estimate of drug-likeness (QED) is 0.684. The van der Waals surface area contributed by atoms with Crippen molar-refractivity contribution >= 4 is 33.0 Å². The summed E-state index contributed by atoms with van der Waals surface area (Å²) in [6.07, 6.45) is 1.72. The van der Waals surface area contributed by atoms with Gasteiger partial charge in [-0.1, -0.05) is 23.7 Å². The summed E-state index contributed by atoms with van der Waals surface area (Å²) in [4.78, 5) is 4.45. The van der Waals surface area contributed by atoms with Crippen LogP contribution in [0.3, 0.4) is 0 Å². The minimum absolute atomic E-state index is 0.664. The summed E-state index contributed by atoms with van der Waals surface area (Å²) in [6, 6.07) is 11.4. The van der Waals surface area contributed by atoms with Gasteiger partial charge in [-0.2, -0.15) is 5.10 Å². The summed E-state index contributed by atoms with van der Waals surface area (Å²) in [5.74, 6) is 0.734. The topological polar surface area (TPSA) is 30.2 Å². The van der Waals surface area contributed by atoms with Crippen molar-refractivity contribution in [2.45, 2.75) is 0 Å². The third-order valence-corrected chi connectivity index (χ3v) is 3.39.